The second kappa shape index (κ2) is 6.30. The van der Waals surface area contributed by atoms with E-state index in [0.29, 0.717) is 5.82 Å². The number of hydrogen-bond donors (Lipinski definition) is 0. The third-order valence-corrected chi connectivity index (χ3v) is 4.06. The normalized spacial score (nSPS) is 10.6. The molecule has 4 heteroatoms. The maximum Gasteiger partial charge on any atom is 0.159 e. The topological polar surface area (TPSA) is 25.8 Å². The minimum absolute atomic E-state index is 0.223. The van der Waals surface area contributed by atoms with Gasteiger partial charge in [-0.1, -0.05) is 59.0 Å². The third-order valence-electron chi connectivity index (χ3n) is 3.18. The van der Waals surface area contributed by atoms with Crippen molar-refractivity contribution in [3.05, 3.63) is 72.3 Å². The lowest BCUT2D eigenvalue weighted by Gasteiger charge is -2.04. The van der Waals surface area contributed by atoms with E-state index in [-0.39, 0.29) is 5.82 Å². The Morgan fingerprint density at radius 2 is 1.24 bits per heavy atom. The van der Waals surface area contributed by atoms with Crippen molar-refractivity contribution in [2.24, 2.45) is 0 Å². The molecular formula is C17H12FIN2. The first-order valence-corrected chi connectivity index (χ1v) is 8.02. The zero-order valence-corrected chi connectivity index (χ0v) is 13.3. The molecule has 0 fully saturated rings. The smallest absolute Gasteiger partial charge is 0.159 e. The predicted molar refractivity (Wildman–Crippen MR) is 90.6 cm³/mol. The number of aromatic nitrogens is 2. The quantitative estimate of drug-likeness (QED) is 0.471. The van der Waals surface area contributed by atoms with E-state index < -0.39 is 0 Å². The molecule has 21 heavy (non-hydrogen) atoms. The Bertz CT molecular complexity index is 722. The summed E-state index contributed by atoms with van der Waals surface area (Å²) in [6.45, 7) is 0. The Morgan fingerprint density at radius 1 is 0.762 bits per heavy atom. The molecule has 2 aromatic carbocycles. The van der Waals surface area contributed by atoms with Crippen molar-refractivity contribution in [2.75, 3.05) is 0 Å². The molecule has 0 radical (unpaired) electrons. The standard InChI is InChI=1S/C17H12FIN2/c18-16-7-5-14(6-8-16)13-1-3-15(4-2-13)17-20-10-12(9-19)11-21-17/h1-8,10-11H,9H2. The lowest BCUT2D eigenvalue weighted by atomic mass is 10.0. The molecule has 0 spiro atoms. The number of alkyl halides is 1. The van der Waals surface area contributed by atoms with Crippen LogP contribution < -0.4 is 0 Å². The van der Waals surface area contributed by atoms with E-state index in [9.17, 15) is 4.39 Å². The zero-order chi connectivity index (χ0) is 14.7. The summed E-state index contributed by atoms with van der Waals surface area (Å²) in [5.41, 5.74) is 4.12. The van der Waals surface area contributed by atoms with Crippen molar-refractivity contribution < 1.29 is 4.39 Å². The van der Waals surface area contributed by atoms with Crippen LogP contribution in [0.1, 0.15) is 5.56 Å². The van der Waals surface area contributed by atoms with Gasteiger partial charge in [0.05, 0.1) is 0 Å². The number of hydrogen-bond acceptors (Lipinski definition) is 2. The molecule has 1 heterocycles. The van der Waals surface area contributed by atoms with Crippen LogP contribution in [0.25, 0.3) is 22.5 Å². The van der Waals surface area contributed by atoms with Gasteiger partial charge >= 0.3 is 0 Å². The van der Waals surface area contributed by atoms with Gasteiger partial charge < -0.3 is 0 Å². The van der Waals surface area contributed by atoms with Crippen LogP contribution in [0.15, 0.2) is 60.9 Å². The largest absolute Gasteiger partial charge is 0.236 e. The van der Waals surface area contributed by atoms with Crippen LogP contribution in [0, 0.1) is 5.82 Å². The molecule has 0 atom stereocenters. The van der Waals surface area contributed by atoms with Gasteiger partial charge in [0.15, 0.2) is 5.82 Å². The molecule has 0 aliphatic heterocycles. The summed E-state index contributed by atoms with van der Waals surface area (Å²) < 4.78 is 13.8. The Kier molecular flexibility index (Phi) is 4.24. The molecule has 0 aliphatic rings. The van der Waals surface area contributed by atoms with Gasteiger partial charge in [-0.15, -0.1) is 0 Å². The Labute approximate surface area is 136 Å². The molecule has 0 saturated heterocycles. The monoisotopic (exact) mass is 390 g/mol. The molecule has 3 aromatic rings. The number of benzene rings is 2. The highest BCUT2D eigenvalue weighted by Gasteiger charge is 2.03. The van der Waals surface area contributed by atoms with Gasteiger partial charge in [-0.25, -0.2) is 14.4 Å². The van der Waals surface area contributed by atoms with Gasteiger partial charge in [-0.05, 0) is 28.8 Å². The van der Waals surface area contributed by atoms with E-state index in [4.69, 9.17) is 0 Å². The summed E-state index contributed by atoms with van der Waals surface area (Å²) >= 11 is 2.29. The number of rotatable bonds is 3. The summed E-state index contributed by atoms with van der Waals surface area (Å²) in [7, 11) is 0. The van der Waals surface area contributed by atoms with Crippen molar-refractivity contribution >= 4 is 22.6 Å². The molecule has 0 bridgehead atoms. The molecule has 0 N–H and O–H groups in total. The molecule has 104 valence electrons. The van der Waals surface area contributed by atoms with Gasteiger partial charge in [0.25, 0.3) is 0 Å². The van der Waals surface area contributed by atoms with Gasteiger partial charge in [0.2, 0.25) is 0 Å². The van der Waals surface area contributed by atoms with Crippen molar-refractivity contribution in [3.63, 3.8) is 0 Å². The van der Waals surface area contributed by atoms with Crippen molar-refractivity contribution in [3.8, 4) is 22.5 Å². The Morgan fingerprint density at radius 3 is 1.76 bits per heavy atom. The Hall–Kier alpha value is -1.82. The van der Waals surface area contributed by atoms with E-state index in [2.05, 4.69) is 32.6 Å². The fourth-order valence-corrected chi connectivity index (χ4v) is 2.42. The van der Waals surface area contributed by atoms with Gasteiger partial charge in [0, 0.05) is 22.4 Å². The lowest BCUT2D eigenvalue weighted by Crippen LogP contribution is -1.90. The fourth-order valence-electron chi connectivity index (χ4n) is 2.03. The van der Waals surface area contributed by atoms with Crippen LogP contribution in [-0.4, -0.2) is 9.97 Å². The van der Waals surface area contributed by atoms with Crippen LogP contribution in [0.3, 0.4) is 0 Å². The van der Waals surface area contributed by atoms with E-state index >= 15 is 0 Å². The van der Waals surface area contributed by atoms with E-state index in [0.717, 1.165) is 26.7 Å². The molecule has 0 amide bonds. The van der Waals surface area contributed by atoms with Crippen LogP contribution >= 0.6 is 22.6 Å². The highest BCUT2D eigenvalue weighted by atomic mass is 127. The molecule has 0 aliphatic carbocycles. The number of nitrogens with zero attached hydrogens (tertiary/aromatic N) is 2. The van der Waals surface area contributed by atoms with Crippen LogP contribution in [0.4, 0.5) is 4.39 Å². The van der Waals surface area contributed by atoms with E-state index in [1.807, 2.05) is 36.7 Å². The molecule has 0 unspecified atom stereocenters. The highest BCUT2D eigenvalue weighted by Crippen LogP contribution is 2.23. The molecule has 0 saturated carbocycles. The average molecular weight is 390 g/mol. The lowest BCUT2D eigenvalue weighted by molar-refractivity contribution is 0.628. The third kappa shape index (κ3) is 3.26. The van der Waals surface area contributed by atoms with Crippen LogP contribution in [0.5, 0.6) is 0 Å². The Balaban J connectivity index is 1.87. The first-order valence-electron chi connectivity index (χ1n) is 6.49. The number of halogens is 2. The second-order valence-electron chi connectivity index (χ2n) is 4.63. The molecular weight excluding hydrogens is 378 g/mol. The minimum atomic E-state index is -0.223. The van der Waals surface area contributed by atoms with E-state index in [1.54, 1.807) is 12.1 Å². The first kappa shape index (κ1) is 14.1. The maximum atomic E-state index is 12.9. The van der Waals surface area contributed by atoms with Crippen LogP contribution in [0.2, 0.25) is 0 Å². The van der Waals surface area contributed by atoms with Crippen molar-refractivity contribution in [1.82, 2.24) is 9.97 Å². The second-order valence-corrected chi connectivity index (χ2v) is 5.40. The SMILES string of the molecule is Fc1ccc(-c2ccc(-c3ncc(CI)cn3)cc2)cc1. The molecule has 1 aromatic heterocycles. The van der Waals surface area contributed by atoms with Crippen LogP contribution in [-0.2, 0) is 4.43 Å². The highest BCUT2D eigenvalue weighted by molar-refractivity contribution is 14.1. The zero-order valence-electron chi connectivity index (χ0n) is 11.1. The molecule has 3 rings (SSSR count). The summed E-state index contributed by atoms with van der Waals surface area (Å²) in [5.74, 6) is 0.494. The maximum absolute atomic E-state index is 12.9. The average Bonchev–Trinajstić information content (AvgIpc) is 2.56. The van der Waals surface area contributed by atoms with Gasteiger partial charge in [-0.3, -0.25) is 0 Å². The van der Waals surface area contributed by atoms with Gasteiger partial charge in [-0.2, -0.15) is 0 Å². The van der Waals surface area contributed by atoms with Crippen molar-refractivity contribution in [2.45, 2.75) is 4.43 Å². The van der Waals surface area contributed by atoms with Gasteiger partial charge in [0.1, 0.15) is 5.82 Å². The minimum Gasteiger partial charge on any atom is -0.236 e. The summed E-state index contributed by atoms with van der Waals surface area (Å²) in [4.78, 5) is 8.74. The summed E-state index contributed by atoms with van der Waals surface area (Å²) in [5, 5.41) is 0. The van der Waals surface area contributed by atoms with E-state index in [1.165, 1.54) is 12.1 Å². The summed E-state index contributed by atoms with van der Waals surface area (Å²) in [6.07, 6.45) is 3.70. The summed E-state index contributed by atoms with van der Waals surface area (Å²) in [6, 6.07) is 14.4. The predicted octanol–water partition coefficient (Wildman–Crippen LogP) is 4.88. The molecule has 2 nitrogen and oxygen atoms in total. The fraction of sp³-hybridized carbons (Fsp3) is 0.0588. The van der Waals surface area contributed by atoms with Crippen molar-refractivity contribution in [1.29, 1.82) is 0 Å². The first-order chi connectivity index (χ1) is 10.3.